The molecule has 1 fully saturated rings. The zero-order valence-corrected chi connectivity index (χ0v) is 17.1. The molecule has 0 spiro atoms. The van der Waals surface area contributed by atoms with E-state index in [4.69, 9.17) is 0 Å². The molecule has 2 amide bonds. The first-order valence-corrected chi connectivity index (χ1v) is 10.0. The van der Waals surface area contributed by atoms with Crippen molar-refractivity contribution in [3.63, 3.8) is 0 Å². The number of carbonyl (C=O) groups is 2. The van der Waals surface area contributed by atoms with Crippen LogP contribution in [0.5, 0.6) is 0 Å². The van der Waals surface area contributed by atoms with E-state index in [1.54, 1.807) is 34.1 Å². The third-order valence-corrected chi connectivity index (χ3v) is 5.50. The van der Waals surface area contributed by atoms with Crippen LogP contribution in [-0.4, -0.2) is 57.8 Å². The summed E-state index contributed by atoms with van der Waals surface area (Å²) in [6.45, 7) is 5.59. The molecule has 0 unspecified atom stereocenters. The lowest BCUT2D eigenvalue weighted by Crippen LogP contribution is -2.37. The summed E-state index contributed by atoms with van der Waals surface area (Å²) < 4.78 is 14.0. The van der Waals surface area contributed by atoms with Crippen molar-refractivity contribution >= 4 is 22.8 Å². The third kappa shape index (κ3) is 3.87. The van der Waals surface area contributed by atoms with Crippen LogP contribution < -0.4 is 0 Å². The lowest BCUT2D eigenvalue weighted by atomic mass is 10.1. The summed E-state index contributed by atoms with van der Waals surface area (Å²) in [4.78, 5) is 38.2. The molecule has 6 nitrogen and oxygen atoms in total. The van der Waals surface area contributed by atoms with Gasteiger partial charge in [-0.25, -0.2) is 14.4 Å². The Balaban J connectivity index is 1.50. The van der Waals surface area contributed by atoms with Gasteiger partial charge in [-0.2, -0.15) is 0 Å². The molecule has 1 aliphatic rings. The number of hydrogen-bond acceptors (Lipinski definition) is 4. The summed E-state index contributed by atoms with van der Waals surface area (Å²) in [6.07, 6.45) is 0.637. The van der Waals surface area contributed by atoms with Crippen LogP contribution in [-0.2, 0) is 0 Å². The van der Waals surface area contributed by atoms with E-state index in [9.17, 15) is 14.0 Å². The molecule has 0 aliphatic carbocycles. The normalized spacial score (nSPS) is 14.6. The van der Waals surface area contributed by atoms with Crippen molar-refractivity contribution in [1.82, 2.24) is 19.8 Å². The number of amides is 2. The topological polar surface area (TPSA) is 66.4 Å². The average Bonchev–Trinajstić information content (AvgIpc) is 3.00. The molecule has 0 bridgehead atoms. The first-order chi connectivity index (χ1) is 14.4. The lowest BCUT2D eigenvalue weighted by molar-refractivity contribution is 0.0716. The Hall–Kier alpha value is -3.35. The van der Waals surface area contributed by atoms with Gasteiger partial charge in [0.15, 0.2) is 0 Å². The molecule has 154 valence electrons. The van der Waals surface area contributed by atoms with Gasteiger partial charge in [0, 0.05) is 31.7 Å². The zero-order chi connectivity index (χ0) is 21.3. The van der Waals surface area contributed by atoms with Gasteiger partial charge in [-0.15, -0.1) is 0 Å². The van der Waals surface area contributed by atoms with E-state index >= 15 is 0 Å². The van der Waals surface area contributed by atoms with Crippen LogP contribution in [0, 0.1) is 19.7 Å². The molecule has 1 aromatic heterocycles. The van der Waals surface area contributed by atoms with E-state index in [1.807, 2.05) is 19.9 Å². The van der Waals surface area contributed by atoms with Crippen LogP contribution in [0.4, 0.5) is 4.39 Å². The Bertz CT molecular complexity index is 1130. The highest BCUT2D eigenvalue weighted by Gasteiger charge is 2.25. The van der Waals surface area contributed by atoms with Gasteiger partial charge in [0.05, 0.1) is 28.0 Å². The maximum atomic E-state index is 14.0. The molecule has 30 heavy (non-hydrogen) atoms. The summed E-state index contributed by atoms with van der Waals surface area (Å²) in [5.41, 5.74) is 3.77. The summed E-state index contributed by atoms with van der Waals surface area (Å²) in [6, 6.07) is 11.3. The highest BCUT2D eigenvalue weighted by Crippen LogP contribution is 2.18. The second-order valence-corrected chi connectivity index (χ2v) is 7.52. The maximum Gasteiger partial charge on any atom is 0.256 e. The number of hydrogen-bond donors (Lipinski definition) is 0. The van der Waals surface area contributed by atoms with Crippen LogP contribution in [0.15, 0.2) is 42.5 Å². The molecule has 2 aromatic carbocycles. The van der Waals surface area contributed by atoms with Gasteiger partial charge in [0.2, 0.25) is 0 Å². The second kappa shape index (κ2) is 8.18. The van der Waals surface area contributed by atoms with Crippen molar-refractivity contribution in [2.24, 2.45) is 0 Å². The molecule has 0 saturated carbocycles. The summed E-state index contributed by atoms with van der Waals surface area (Å²) in [7, 11) is 0. The van der Waals surface area contributed by atoms with Crippen molar-refractivity contribution in [3.8, 4) is 0 Å². The van der Waals surface area contributed by atoms with Crippen molar-refractivity contribution in [2.75, 3.05) is 26.2 Å². The van der Waals surface area contributed by atoms with Crippen molar-refractivity contribution < 1.29 is 14.0 Å². The molecule has 2 heterocycles. The molecule has 3 aromatic rings. The average molecular weight is 406 g/mol. The predicted octanol–water partition coefficient (Wildman–Crippen LogP) is 3.37. The number of aromatic nitrogens is 2. The van der Waals surface area contributed by atoms with Crippen LogP contribution in [0.3, 0.4) is 0 Å². The molecular weight excluding hydrogens is 383 g/mol. The van der Waals surface area contributed by atoms with E-state index in [0.29, 0.717) is 43.7 Å². The quantitative estimate of drug-likeness (QED) is 0.655. The Morgan fingerprint density at radius 2 is 1.47 bits per heavy atom. The van der Waals surface area contributed by atoms with Crippen molar-refractivity contribution in [2.45, 2.75) is 20.3 Å². The molecule has 0 radical (unpaired) electrons. The van der Waals surface area contributed by atoms with Gasteiger partial charge in [-0.1, -0.05) is 12.1 Å². The summed E-state index contributed by atoms with van der Waals surface area (Å²) >= 11 is 0. The molecule has 4 rings (SSSR count). The third-order valence-electron chi connectivity index (χ3n) is 5.50. The van der Waals surface area contributed by atoms with E-state index < -0.39 is 5.82 Å². The van der Waals surface area contributed by atoms with Crippen LogP contribution in [0.2, 0.25) is 0 Å². The number of halogens is 1. The van der Waals surface area contributed by atoms with Gasteiger partial charge < -0.3 is 9.80 Å². The molecule has 0 atom stereocenters. The fraction of sp³-hybridized carbons (Fsp3) is 0.304. The first kappa shape index (κ1) is 19.9. The molecular formula is C23H23FN4O2. The maximum absolute atomic E-state index is 14.0. The Labute approximate surface area is 174 Å². The SMILES string of the molecule is Cc1nc2ccc(C(=O)N3CCCN(C(=O)c4ccccc4F)CC3)cc2nc1C. The minimum Gasteiger partial charge on any atom is -0.337 e. The van der Waals surface area contributed by atoms with E-state index in [2.05, 4.69) is 9.97 Å². The minimum atomic E-state index is -0.525. The van der Waals surface area contributed by atoms with Crippen molar-refractivity contribution in [3.05, 3.63) is 70.8 Å². The van der Waals surface area contributed by atoms with Crippen LogP contribution >= 0.6 is 0 Å². The van der Waals surface area contributed by atoms with Crippen LogP contribution in [0.25, 0.3) is 11.0 Å². The van der Waals surface area contributed by atoms with Gasteiger partial charge in [0.1, 0.15) is 5.82 Å². The predicted molar refractivity (Wildman–Crippen MR) is 112 cm³/mol. The van der Waals surface area contributed by atoms with Gasteiger partial charge in [-0.3, -0.25) is 9.59 Å². The fourth-order valence-corrected chi connectivity index (χ4v) is 3.67. The number of nitrogens with zero attached hydrogens (tertiary/aromatic N) is 4. The Morgan fingerprint density at radius 3 is 2.17 bits per heavy atom. The molecule has 0 N–H and O–H groups in total. The number of fused-ring (bicyclic) bond motifs is 1. The van der Waals surface area contributed by atoms with E-state index in [0.717, 1.165) is 16.9 Å². The first-order valence-electron chi connectivity index (χ1n) is 10.0. The van der Waals surface area contributed by atoms with Gasteiger partial charge in [0.25, 0.3) is 11.8 Å². The molecule has 1 saturated heterocycles. The van der Waals surface area contributed by atoms with Crippen LogP contribution in [0.1, 0.15) is 38.5 Å². The summed E-state index contributed by atoms with van der Waals surface area (Å²) in [5, 5.41) is 0. The standard InChI is InChI=1S/C23H23FN4O2/c1-15-16(2)26-21-14-17(8-9-20(21)25-15)22(29)27-10-5-11-28(13-12-27)23(30)18-6-3-4-7-19(18)24/h3-4,6-9,14H,5,10-13H2,1-2H3. The lowest BCUT2D eigenvalue weighted by Gasteiger charge is -2.22. The summed E-state index contributed by atoms with van der Waals surface area (Å²) in [5.74, 6) is -0.964. The van der Waals surface area contributed by atoms with Gasteiger partial charge in [-0.05, 0) is 50.6 Å². The second-order valence-electron chi connectivity index (χ2n) is 7.52. The van der Waals surface area contributed by atoms with E-state index in [-0.39, 0.29) is 17.4 Å². The van der Waals surface area contributed by atoms with Crippen molar-refractivity contribution in [1.29, 1.82) is 0 Å². The van der Waals surface area contributed by atoms with Gasteiger partial charge >= 0.3 is 0 Å². The minimum absolute atomic E-state index is 0.0658. The largest absolute Gasteiger partial charge is 0.337 e. The monoisotopic (exact) mass is 406 g/mol. The Kier molecular flexibility index (Phi) is 5.44. The number of benzene rings is 2. The smallest absolute Gasteiger partial charge is 0.256 e. The number of carbonyl (C=O) groups excluding carboxylic acids is 2. The fourth-order valence-electron chi connectivity index (χ4n) is 3.67. The van der Waals surface area contributed by atoms with E-state index in [1.165, 1.54) is 12.1 Å². The zero-order valence-electron chi connectivity index (χ0n) is 17.1. The number of rotatable bonds is 2. The molecule has 1 aliphatic heterocycles. The Morgan fingerprint density at radius 1 is 0.833 bits per heavy atom. The highest BCUT2D eigenvalue weighted by atomic mass is 19.1. The highest BCUT2D eigenvalue weighted by molar-refractivity contribution is 5.97. The number of aryl methyl sites for hydroxylation is 2. The molecule has 7 heteroatoms.